The molecule has 21 heavy (non-hydrogen) atoms. The van der Waals surface area contributed by atoms with Crippen LogP contribution in [0.4, 0.5) is 5.69 Å². The Bertz CT molecular complexity index is 850. The molecule has 1 heterocycles. The van der Waals surface area contributed by atoms with E-state index in [0.29, 0.717) is 5.69 Å². The van der Waals surface area contributed by atoms with Gasteiger partial charge in [0.2, 0.25) is 0 Å². The highest BCUT2D eigenvalue weighted by Gasteiger charge is 2.17. The van der Waals surface area contributed by atoms with Crippen LogP contribution in [0.3, 0.4) is 0 Å². The van der Waals surface area contributed by atoms with Gasteiger partial charge in [0.1, 0.15) is 5.69 Å². The number of hydrogen-bond donors (Lipinski definition) is 1. The number of hydrogen-bond acceptors (Lipinski definition) is 3. The molecule has 0 saturated heterocycles. The SMILES string of the molecule is O=c1cc(-c2ccccc2)[nH]n1-c1ccccc1[N+](=O)[O-]. The summed E-state index contributed by atoms with van der Waals surface area (Å²) in [5, 5.41) is 14.0. The molecule has 104 valence electrons. The zero-order chi connectivity index (χ0) is 14.8. The highest BCUT2D eigenvalue weighted by atomic mass is 16.6. The maximum absolute atomic E-state index is 12.1. The van der Waals surface area contributed by atoms with Gasteiger partial charge in [-0.1, -0.05) is 42.5 Å². The molecule has 0 radical (unpaired) electrons. The molecular formula is C15H11N3O3. The van der Waals surface area contributed by atoms with E-state index in [9.17, 15) is 14.9 Å². The van der Waals surface area contributed by atoms with E-state index in [-0.39, 0.29) is 16.9 Å². The molecule has 0 saturated carbocycles. The number of benzene rings is 2. The number of rotatable bonds is 3. The fourth-order valence-electron chi connectivity index (χ4n) is 2.15. The summed E-state index contributed by atoms with van der Waals surface area (Å²) in [6.07, 6.45) is 0. The second kappa shape index (κ2) is 5.09. The molecule has 0 bridgehead atoms. The first-order valence-corrected chi connectivity index (χ1v) is 6.28. The van der Waals surface area contributed by atoms with Gasteiger partial charge in [-0.3, -0.25) is 20.0 Å². The predicted octanol–water partition coefficient (Wildman–Crippen LogP) is 2.74. The van der Waals surface area contributed by atoms with Crippen LogP contribution < -0.4 is 5.56 Å². The van der Waals surface area contributed by atoms with Crippen molar-refractivity contribution in [2.24, 2.45) is 0 Å². The van der Waals surface area contributed by atoms with E-state index in [4.69, 9.17) is 0 Å². The topological polar surface area (TPSA) is 80.9 Å². The first kappa shape index (κ1) is 12.9. The standard InChI is InChI=1S/C15H11N3O3/c19-15-10-12(11-6-2-1-3-7-11)16-17(15)13-8-4-5-9-14(13)18(20)21/h1-10,16H. The van der Waals surface area contributed by atoms with Crippen molar-refractivity contribution in [3.05, 3.63) is 81.1 Å². The quantitative estimate of drug-likeness (QED) is 0.592. The molecule has 0 aliphatic carbocycles. The molecule has 1 N–H and O–H groups in total. The Morgan fingerprint density at radius 1 is 1.00 bits per heavy atom. The number of nitrogens with zero attached hydrogens (tertiary/aromatic N) is 2. The number of nitro benzene ring substituents is 1. The molecule has 0 atom stereocenters. The number of aromatic nitrogens is 2. The number of para-hydroxylation sites is 2. The van der Waals surface area contributed by atoms with Crippen LogP contribution in [0.5, 0.6) is 0 Å². The molecule has 0 aliphatic heterocycles. The summed E-state index contributed by atoms with van der Waals surface area (Å²) < 4.78 is 1.18. The van der Waals surface area contributed by atoms with Crippen LogP contribution in [0.1, 0.15) is 0 Å². The molecule has 2 aromatic carbocycles. The molecular weight excluding hydrogens is 270 g/mol. The van der Waals surface area contributed by atoms with E-state index >= 15 is 0 Å². The third-order valence-corrected chi connectivity index (χ3v) is 3.12. The zero-order valence-electron chi connectivity index (χ0n) is 10.9. The number of nitro groups is 1. The second-order valence-electron chi connectivity index (χ2n) is 4.46. The van der Waals surface area contributed by atoms with Crippen molar-refractivity contribution in [1.29, 1.82) is 0 Å². The first-order chi connectivity index (χ1) is 10.2. The maximum Gasteiger partial charge on any atom is 0.294 e. The van der Waals surface area contributed by atoms with Crippen LogP contribution in [0.15, 0.2) is 65.5 Å². The molecule has 0 unspecified atom stereocenters. The molecule has 0 amide bonds. The predicted molar refractivity (Wildman–Crippen MR) is 78.5 cm³/mol. The largest absolute Gasteiger partial charge is 0.294 e. The van der Waals surface area contributed by atoms with Gasteiger partial charge in [-0.15, -0.1) is 0 Å². The summed E-state index contributed by atoms with van der Waals surface area (Å²) in [6, 6.07) is 16.8. The maximum atomic E-state index is 12.1. The van der Waals surface area contributed by atoms with Crippen LogP contribution in [0.25, 0.3) is 16.9 Å². The summed E-state index contributed by atoms with van der Waals surface area (Å²) in [7, 11) is 0. The van der Waals surface area contributed by atoms with Crippen molar-refractivity contribution in [2.75, 3.05) is 0 Å². The van der Waals surface area contributed by atoms with Crippen LogP contribution in [0, 0.1) is 10.1 Å². The van der Waals surface area contributed by atoms with Crippen LogP contribution in [0.2, 0.25) is 0 Å². The van der Waals surface area contributed by atoms with E-state index in [0.717, 1.165) is 5.56 Å². The average Bonchev–Trinajstić information content (AvgIpc) is 2.90. The fourth-order valence-corrected chi connectivity index (χ4v) is 2.15. The summed E-state index contributed by atoms with van der Waals surface area (Å²) in [4.78, 5) is 22.6. The van der Waals surface area contributed by atoms with Gasteiger partial charge in [0.25, 0.3) is 11.2 Å². The minimum atomic E-state index is -0.509. The summed E-state index contributed by atoms with van der Waals surface area (Å²) in [6.45, 7) is 0. The smallest absolute Gasteiger partial charge is 0.290 e. The van der Waals surface area contributed by atoms with Crippen molar-refractivity contribution >= 4 is 5.69 Å². The van der Waals surface area contributed by atoms with Crippen molar-refractivity contribution in [2.45, 2.75) is 0 Å². The second-order valence-corrected chi connectivity index (χ2v) is 4.46. The fraction of sp³-hybridized carbons (Fsp3) is 0. The Balaban J connectivity index is 2.16. The Labute approximate surface area is 119 Å². The van der Waals surface area contributed by atoms with E-state index in [2.05, 4.69) is 5.10 Å². The van der Waals surface area contributed by atoms with Gasteiger partial charge in [0, 0.05) is 12.1 Å². The number of aromatic amines is 1. The van der Waals surface area contributed by atoms with E-state index in [1.165, 1.54) is 22.9 Å². The van der Waals surface area contributed by atoms with Crippen molar-refractivity contribution in [3.8, 4) is 16.9 Å². The van der Waals surface area contributed by atoms with Crippen molar-refractivity contribution in [3.63, 3.8) is 0 Å². The highest BCUT2D eigenvalue weighted by Crippen LogP contribution is 2.22. The Morgan fingerprint density at radius 3 is 2.38 bits per heavy atom. The van der Waals surface area contributed by atoms with Crippen LogP contribution in [-0.2, 0) is 0 Å². The van der Waals surface area contributed by atoms with Crippen molar-refractivity contribution in [1.82, 2.24) is 9.78 Å². The summed E-state index contributed by atoms with van der Waals surface area (Å²) in [5.74, 6) is 0. The molecule has 6 nitrogen and oxygen atoms in total. The van der Waals surface area contributed by atoms with Gasteiger partial charge < -0.3 is 0 Å². The van der Waals surface area contributed by atoms with Crippen LogP contribution in [-0.4, -0.2) is 14.7 Å². The van der Waals surface area contributed by atoms with Gasteiger partial charge in [0.05, 0.1) is 10.6 Å². The van der Waals surface area contributed by atoms with Gasteiger partial charge in [-0.2, -0.15) is 0 Å². The van der Waals surface area contributed by atoms with E-state index in [1.54, 1.807) is 12.1 Å². The number of H-pyrrole nitrogens is 1. The molecule has 3 aromatic rings. The molecule has 0 aliphatic rings. The highest BCUT2D eigenvalue weighted by molar-refractivity contribution is 5.60. The van der Waals surface area contributed by atoms with Gasteiger partial charge in [-0.05, 0) is 11.6 Å². The lowest BCUT2D eigenvalue weighted by molar-refractivity contribution is -0.384. The Morgan fingerprint density at radius 2 is 1.67 bits per heavy atom. The molecule has 6 heteroatoms. The molecule has 1 aromatic heterocycles. The lowest BCUT2D eigenvalue weighted by Crippen LogP contribution is -2.14. The third kappa shape index (κ3) is 2.34. The van der Waals surface area contributed by atoms with Crippen LogP contribution >= 0.6 is 0 Å². The lowest BCUT2D eigenvalue weighted by atomic mass is 10.2. The Hall–Kier alpha value is -3.15. The monoisotopic (exact) mass is 281 g/mol. The lowest BCUT2D eigenvalue weighted by Gasteiger charge is -2.03. The molecule has 0 spiro atoms. The number of nitrogens with one attached hydrogen (secondary N) is 1. The zero-order valence-corrected chi connectivity index (χ0v) is 10.9. The average molecular weight is 281 g/mol. The Kier molecular flexibility index (Phi) is 3.12. The molecule has 3 rings (SSSR count). The normalized spacial score (nSPS) is 10.5. The van der Waals surface area contributed by atoms with E-state index < -0.39 is 4.92 Å². The van der Waals surface area contributed by atoms with Crippen molar-refractivity contribution < 1.29 is 4.92 Å². The third-order valence-electron chi connectivity index (χ3n) is 3.12. The first-order valence-electron chi connectivity index (χ1n) is 6.28. The summed E-state index contributed by atoms with van der Waals surface area (Å²) >= 11 is 0. The van der Waals surface area contributed by atoms with Gasteiger partial charge in [-0.25, -0.2) is 4.68 Å². The summed E-state index contributed by atoms with van der Waals surface area (Å²) in [5.41, 5.74) is 1.20. The minimum absolute atomic E-state index is 0.124. The molecule has 0 fully saturated rings. The van der Waals surface area contributed by atoms with Gasteiger partial charge in [0.15, 0.2) is 0 Å². The van der Waals surface area contributed by atoms with Gasteiger partial charge >= 0.3 is 0 Å². The van der Waals surface area contributed by atoms with E-state index in [1.807, 2.05) is 30.3 Å². The minimum Gasteiger partial charge on any atom is -0.290 e.